The maximum absolute atomic E-state index is 9.89. The quantitative estimate of drug-likeness (QED) is 0.444. The molecule has 4 nitrogen and oxygen atoms in total. The van der Waals surface area contributed by atoms with Crippen LogP contribution in [0.15, 0.2) is 33.3 Å². The first kappa shape index (κ1) is 24.3. The van der Waals surface area contributed by atoms with Crippen molar-refractivity contribution in [1.82, 2.24) is 14.7 Å². The highest BCUT2D eigenvalue weighted by atomic mass is 79.9. The van der Waals surface area contributed by atoms with Crippen molar-refractivity contribution < 1.29 is 5.02 Å². The van der Waals surface area contributed by atoms with Crippen molar-refractivity contribution in [2.75, 3.05) is 26.2 Å². The van der Waals surface area contributed by atoms with Crippen LogP contribution in [0.2, 0.25) is 11.8 Å². The zero-order valence-electron chi connectivity index (χ0n) is 19.1. The minimum absolute atomic E-state index is 0.178. The number of aryl methyl sites for hydroxylation is 2. The van der Waals surface area contributed by atoms with Gasteiger partial charge in [0.15, 0.2) is 0 Å². The number of piperidine rings is 2. The molecule has 2 aromatic rings. The van der Waals surface area contributed by atoms with Gasteiger partial charge in [-0.2, -0.15) is 0 Å². The van der Waals surface area contributed by atoms with E-state index in [0.717, 1.165) is 64.8 Å². The van der Waals surface area contributed by atoms with Gasteiger partial charge in [0.1, 0.15) is 0 Å². The second-order valence-corrected chi connectivity index (χ2v) is 12.1. The topological polar surface area (TPSA) is 39.6 Å². The van der Waals surface area contributed by atoms with Gasteiger partial charge in [0, 0.05) is 15.1 Å². The summed E-state index contributed by atoms with van der Waals surface area (Å²) in [5, 5.41) is 10.7. The van der Waals surface area contributed by atoms with E-state index in [2.05, 4.69) is 59.8 Å². The standard InChI is InChI=1S/C25H31BBr2ClN3O/c1-26(33)32-10-6-17(7-11-32)16-4-8-31(9-5-16)25-21-14-22(28)23(29)13-18(21)2-3-19-12-20(27)15-30-24(19)25/h12-17,25,33H,2-11H2,1H3. The molecule has 8 heteroatoms. The molecular formula is C25H31BBr2ClN3O. The number of hydrogen-bond acceptors (Lipinski definition) is 4. The maximum atomic E-state index is 9.89. The van der Waals surface area contributed by atoms with Gasteiger partial charge in [-0.1, -0.05) is 11.6 Å². The van der Waals surface area contributed by atoms with Gasteiger partial charge < -0.3 is 9.83 Å². The summed E-state index contributed by atoms with van der Waals surface area (Å²) in [6.07, 6.45) is 8.84. The van der Waals surface area contributed by atoms with Gasteiger partial charge in [0.25, 0.3) is 0 Å². The Balaban J connectivity index is 1.38. The molecule has 1 aromatic heterocycles. The molecule has 3 heterocycles. The van der Waals surface area contributed by atoms with Crippen LogP contribution < -0.4 is 0 Å². The van der Waals surface area contributed by atoms with Crippen LogP contribution in [0.1, 0.15) is 54.1 Å². The van der Waals surface area contributed by atoms with Gasteiger partial charge in [0.05, 0.1) is 16.8 Å². The van der Waals surface area contributed by atoms with E-state index < -0.39 is 0 Å². The number of rotatable bonds is 3. The molecule has 0 bridgehead atoms. The second-order valence-electron chi connectivity index (χ2n) is 9.94. The molecule has 2 saturated heterocycles. The Morgan fingerprint density at radius 1 is 0.970 bits per heavy atom. The highest BCUT2D eigenvalue weighted by molar-refractivity contribution is 9.10. The number of nitrogens with zero attached hydrogens (tertiary/aromatic N) is 3. The largest absolute Gasteiger partial charge is 0.437 e. The van der Waals surface area contributed by atoms with E-state index in [9.17, 15) is 5.02 Å². The van der Waals surface area contributed by atoms with Gasteiger partial charge in [0.2, 0.25) is 0 Å². The summed E-state index contributed by atoms with van der Waals surface area (Å²) < 4.78 is 2.01. The van der Waals surface area contributed by atoms with Crippen molar-refractivity contribution in [2.45, 2.75) is 51.4 Å². The first-order chi connectivity index (χ1) is 15.9. The Kier molecular flexibility index (Phi) is 7.56. The Hall–Kier alpha value is -0.435. The van der Waals surface area contributed by atoms with Crippen LogP contribution in [-0.4, -0.2) is 52.9 Å². The van der Waals surface area contributed by atoms with Gasteiger partial charge in [-0.25, -0.2) is 0 Å². The lowest BCUT2D eigenvalue weighted by atomic mass is 9.75. The second kappa shape index (κ2) is 10.3. The summed E-state index contributed by atoms with van der Waals surface area (Å²) in [6, 6.07) is 6.81. The van der Waals surface area contributed by atoms with Gasteiger partial charge in [-0.3, -0.25) is 9.88 Å². The number of likely N-dealkylation sites (tertiary alicyclic amines) is 1. The third-order valence-electron chi connectivity index (χ3n) is 8.08. The molecule has 1 aliphatic carbocycles. The van der Waals surface area contributed by atoms with E-state index in [1.54, 1.807) is 0 Å². The molecule has 2 fully saturated rings. The average Bonchev–Trinajstić information content (AvgIpc) is 2.96. The summed E-state index contributed by atoms with van der Waals surface area (Å²) >= 11 is 13.8. The van der Waals surface area contributed by atoms with Gasteiger partial charge in [-0.15, -0.1) is 0 Å². The molecule has 1 N–H and O–H groups in total. The molecule has 176 valence electrons. The summed E-state index contributed by atoms with van der Waals surface area (Å²) in [5.41, 5.74) is 5.23. The number of pyridine rings is 1. The van der Waals surface area contributed by atoms with Gasteiger partial charge >= 0.3 is 7.05 Å². The fourth-order valence-corrected chi connectivity index (χ4v) is 7.14. The number of benzene rings is 1. The van der Waals surface area contributed by atoms with E-state index in [0.29, 0.717) is 0 Å². The molecule has 0 spiro atoms. The zero-order valence-corrected chi connectivity index (χ0v) is 23.0. The first-order valence-corrected chi connectivity index (χ1v) is 14.2. The minimum Gasteiger partial charge on any atom is -0.437 e. The van der Waals surface area contributed by atoms with Gasteiger partial charge in [-0.05, 0) is 150 Å². The Bertz CT molecular complexity index is 1010. The number of fused-ring (bicyclic) bond motifs is 2. The van der Waals surface area contributed by atoms with Crippen LogP contribution in [0.4, 0.5) is 0 Å². The third-order valence-corrected chi connectivity index (χ3v) is 9.71. The highest BCUT2D eigenvalue weighted by Gasteiger charge is 2.36. The number of halogens is 3. The Morgan fingerprint density at radius 3 is 2.27 bits per heavy atom. The lowest BCUT2D eigenvalue weighted by molar-refractivity contribution is 0.0962. The molecule has 3 aliphatic rings. The molecule has 1 aromatic carbocycles. The van der Waals surface area contributed by atoms with Crippen molar-refractivity contribution in [1.29, 1.82) is 0 Å². The van der Waals surface area contributed by atoms with Crippen molar-refractivity contribution in [3.05, 3.63) is 60.7 Å². The van der Waals surface area contributed by atoms with E-state index in [1.165, 1.54) is 48.1 Å². The molecule has 0 radical (unpaired) electrons. The van der Waals surface area contributed by atoms with Crippen LogP contribution >= 0.6 is 43.5 Å². The van der Waals surface area contributed by atoms with Crippen LogP contribution in [0.3, 0.4) is 0 Å². The first-order valence-electron chi connectivity index (χ1n) is 12.2. The predicted octanol–water partition coefficient (Wildman–Crippen LogP) is 5.98. The summed E-state index contributed by atoms with van der Waals surface area (Å²) in [7, 11) is -0.316. The molecule has 33 heavy (non-hydrogen) atoms. The summed E-state index contributed by atoms with van der Waals surface area (Å²) in [4.78, 5) is 9.82. The van der Waals surface area contributed by atoms with E-state index in [1.807, 2.05) is 13.0 Å². The van der Waals surface area contributed by atoms with E-state index in [-0.39, 0.29) is 13.1 Å². The minimum atomic E-state index is -0.316. The van der Waals surface area contributed by atoms with Crippen LogP contribution in [0.25, 0.3) is 0 Å². The normalized spacial score (nSPS) is 23.1. The number of hydrogen-bond donors (Lipinski definition) is 1. The summed E-state index contributed by atoms with van der Waals surface area (Å²) in [6.45, 7) is 6.14. The van der Waals surface area contributed by atoms with Crippen LogP contribution in [0.5, 0.6) is 0 Å². The lowest BCUT2D eigenvalue weighted by Crippen LogP contribution is -2.46. The summed E-state index contributed by atoms with van der Waals surface area (Å²) in [5.74, 6) is 1.58. The highest BCUT2D eigenvalue weighted by Crippen LogP contribution is 2.42. The zero-order chi connectivity index (χ0) is 23.1. The molecule has 0 saturated carbocycles. The monoisotopic (exact) mass is 593 g/mol. The molecule has 0 amide bonds. The van der Waals surface area contributed by atoms with Crippen LogP contribution in [-0.2, 0) is 12.8 Å². The third kappa shape index (κ3) is 5.10. The van der Waals surface area contributed by atoms with Crippen molar-refractivity contribution in [3.8, 4) is 0 Å². The number of aromatic nitrogens is 1. The molecule has 5 rings (SSSR count). The predicted molar refractivity (Wildman–Crippen MR) is 143 cm³/mol. The average molecular weight is 596 g/mol. The van der Waals surface area contributed by atoms with Crippen molar-refractivity contribution in [3.63, 3.8) is 0 Å². The lowest BCUT2D eigenvalue weighted by Gasteiger charge is -2.43. The van der Waals surface area contributed by atoms with E-state index >= 15 is 0 Å². The SMILES string of the molecule is CB(O)N1CCC(C2CCN(C3c4cc(Br)c(Cl)cc4CCc4cc(Br)cnc43)CC2)CC1. The molecule has 2 aliphatic heterocycles. The van der Waals surface area contributed by atoms with Crippen molar-refractivity contribution in [2.24, 2.45) is 11.8 Å². The molecular weight excluding hydrogens is 564 g/mol. The van der Waals surface area contributed by atoms with Crippen molar-refractivity contribution >= 4 is 50.5 Å². The Labute approximate surface area is 219 Å². The fourth-order valence-electron chi connectivity index (χ4n) is 6.21. The van der Waals surface area contributed by atoms with Crippen LogP contribution in [0, 0.1) is 11.8 Å². The fraction of sp³-hybridized carbons (Fsp3) is 0.560. The van der Waals surface area contributed by atoms with E-state index in [4.69, 9.17) is 16.6 Å². The molecule has 1 atom stereocenters. The maximum Gasteiger partial charge on any atom is 0.376 e. The Morgan fingerprint density at radius 2 is 1.61 bits per heavy atom. The smallest absolute Gasteiger partial charge is 0.376 e. The molecule has 1 unspecified atom stereocenters.